The number of allylic oxidation sites excluding steroid dienone is 2. The van der Waals surface area contributed by atoms with Crippen molar-refractivity contribution in [3.05, 3.63) is 75.1 Å². The standard InChI is InChI=1S/C18H23ClFN4OPS/c1-23-17-9-12(4-6-26-17)24-16(18(22)27-7-5-25)10-15(21)13-8-11(19)2-3-14(13)20/h2-4,6,8-10,17,23-26H,5,7,21-22H2,1H3/b15-10-,18-16-. The molecule has 1 aliphatic heterocycles. The lowest BCUT2D eigenvalue weighted by molar-refractivity contribution is 0.322. The third-order valence-corrected chi connectivity index (χ3v) is 5.95. The van der Waals surface area contributed by atoms with Gasteiger partial charge in [-0.05, 0) is 43.5 Å². The molecule has 146 valence electrons. The number of rotatable bonds is 8. The van der Waals surface area contributed by atoms with Crippen molar-refractivity contribution in [2.24, 2.45) is 11.5 Å². The number of halogens is 2. The molecule has 27 heavy (non-hydrogen) atoms. The van der Waals surface area contributed by atoms with Crippen molar-refractivity contribution >= 4 is 37.6 Å². The lowest BCUT2D eigenvalue weighted by Crippen LogP contribution is -2.23. The van der Waals surface area contributed by atoms with Crippen LogP contribution in [0.3, 0.4) is 0 Å². The van der Waals surface area contributed by atoms with Crippen LogP contribution in [-0.2, 0) is 0 Å². The first-order chi connectivity index (χ1) is 12.9. The van der Waals surface area contributed by atoms with Gasteiger partial charge in [0.25, 0.3) is 0 Å². The van der Waals surface area contributed by atoms with E-state index in [1.807, 2.05) is 19.2 Å². The van der Waals surface area contributed by atoms with Crippen LogP contribution in [0.2, 0.25) is 5.02 Å². The molecule has 1 aromatic carbocycles. The minimum absolute atomic E-state index is 0.00763. The van der Waals surface area contributed by atoms with E-state index in [0.717, 1.165) is 5.70 Å². The van der Waals surface area contributed by atoms with E-state index < -0.39 is 5.82 Å². The minimum atomic E-state index is -0.470. The fourth-order valence-electron chi connectivity index (χ4n) is 2.28. The SMILES string of the molecule is CNC1C=C(NC(/C=C(\N)c2cc(Cl)ccc2F)=C(/N)SCCO)C=CP1. The van der Waals surface area contributed by atoms with Gasteiger partial charge >= 0.3 is 0 Å². The average molecular weight is 429 g/mol. The smallest absolute Gasteiger partial charge is 0.132 e. The molecule has 0 aromatic heterocycles. The summed E-state index contributed by atoms with van der Waals surface area (Å²) in [6, 6.07) is 4.20. The quantitative estimate of drug-likeness (QED) is 0.323. The average Bonchev–Trinajstić information content (AvgIpc) is 2.67. The summed E-state index contributed by atoms with van der Waals surface area (Å²) in [6.45, 7) is -0.00763. The van der Waals surface area contributed by atoms with Crippen LogP contribution < -0.4 is 22.1 Å². The topological polar surface area (TPSA) is 96.3 Å². The summed E-state index contributed by atoms with van der Waals surface area (Å²) >= 11 is 7.24. The second kappa shape index (κ2) is 10.7. The molecule has 1 heterocycles. The first-order valence-electron chi connectivity index (χ1n) is 8.19. The Hall–Kier alpha value is -1.50. The van der Waals surface area contributed by atoms with Crippen LogP contribution in [0, 0.1) is 5.82 Å². The zero-order valence-electron chi connectivity index (χ0n) is 14.8. The van der Waals surface area contributed by atoms with Crippen LogP contribution in [0.1, 0.15) is 5.56 Å². The van der Waals surface area contributed by atoms with E-state index in [0.29, 0.717) is 30.1 Å². The Morgan fingerprint density at radius 1 is 1.44 bits per heavy atom. The van der Waals surface area contributed by atoms with Gasteiger partial charge in [-0.3, -0.25) is 0 Å². The number of aliphatic hydroxyl groups is 1. The van der Waals surface area contributed by atoms with Crippen LogP contribution in [0.15, 0.2) is 58.7 Å². The lowest BCUT2D eigenvalue weighted by atomic mass is 10.1. The number of thioether (sulfide) groups is 1. The highest BCUT2D eigenvalue weighted by Gasteiger charge is 2.12. The second-order valence-electron chi connectivity index (χ2n) is 5.59. The van der Waals surface area contributed by atoms with Crippen molar-refractivity contribution in [1.82, 2.24) is 10.6 Å². The molecule has 7 N–H and O–H groups in total. The highest BCUT2D eigenvalue weighted by molar-refractivity contribution is 8.03. The van der Waals surface area contributed by atoms with Crippen LogP contribution in [0.25, 0.3) is 5.70 Å². The van der Waals surface area contributed by atoms with Gasteiger partial charge in [0.2, 0.25) is 0 Å². The molecule has 2 atom stereocenters. The molecule has 0 spiro atoms. The molecule has 0 bridgehead atoms. The fraction of sp³-hybridized carbons (Fsp3) is 0.222. The largest absolute Gasteiger partial charge is 0.398 e. The van der Waals surface area contributed by atoms with E-state index in [1.165, 1.54) is 30.0 Å². The fourth-order valence-corrected chi connectivity index (χ4v) is 3.96. The van der Waals surface area contributed by atoms with E-state index in [9.17, 15) is 4.39 Å². The van der Waals surface area contributed by atoms with E-state index >= 15 is 0 Å². The summed E-state index contributed by atoms with van der Waals surface area (Å²) in [5.74, 6) is 2.27. The Morgan fingerprint density at radius 2 is 2.22 bits per heavy atom. The van der Waals surface area contributed by atoms with Gasteiger partial charge in [-0.25, -0.2) is 4.39 Å². The van der Waals surface area contributed by atoms with Crippen molar-refractivity contribution < 1.29 is 9.50 Å². The molecular formula is C18H23ClFN4OPS. The Morgan fingerprint density at radius 3 is 2.93 bits per heavy atom. The van der Waals surface area contributed by atoms with E-state index in [4.69, 9.17) is 28.2 Å². The highest BCUT2D eigenvalue weighted by Crippen LogP contribution is 2.27. The molecule has 5 nitrogen and oxygen atoms in total. The maximum Gasteiger partial charge on any atom is 0.132 e. The van der Waals surface area contributed by atoms with Crippen molar-refractivity contribution in [1.29, 1.82) is 0 Å². The summed E-state index contributed by atoms with van der Waals surface area (Å²) in [6.07, 6.45) is 5.58. The minimum Gasteiger partial charge on any atom is -0.398 e. The molecule has 0 amide bonds. The molecule has 0 radical (unpaired) electrons. The van der Waals surface area contributed by atoms with Crippen LogP contribution in [-0.4, -0.2) is 30.3 Å². The van der Waals surface area contributed by atoms with Crippen molar-refractivity contribution in [2.45, 2.75) is 5.78 Å². The van der Waals surface area contributed by atoms with Crippen molar-refractivity contribution in [3.8, 4) is 0 Å². The number of aliphatic hydroxyl groups excluding tert-OH is 1. The van der Waals surface area contributed by atoms with Crippen molar-refractivity contribution in [2.75, 3.05) is 19.4 Å². The van der Waals surface area contributed by atoms with Gasteiger partial charge in [0.15, 0.2) is 0 Å². The number of nitrogens with one attached hydrogen (secondary N) is 2. The summed E-state index contributed by atoms with van der Waals surface area (Å²) in [5.41, 5.74) is 14.1. The molecule has 0 fully saturated rings. The number of hydrogen-bond donors (Lipinski definition) is 5. The van der Waals surface area contributed by atoms with E-state index in [-0.39, 0.29) is 23.7 Å². The first-order valence-corrected chi connectivity index (χ1v) is 10.7. The van der Waals surface area contributed by atoms with Gasteiger partial charge in [0, 0.05) is 33.5 Å². The van der Waals surface area contributed by atoms with Crippen LogP contribution in [0.4, 0.5) is 4.39 Å². The van der Waals surface area contributed by atoms with E-state index in [1.54, 1.807) is 6.08 Å². The Bertz CT molecular complexity index is 798. The number of likely N-dealkylation sites (N-methyl/N-ethyl adjacent to an activating group) is 1. The molecule has 1 aliphatic rings. The van der Waals surface area contributed by atoms with Gasteiger partial charge in [-0.1, -0.05) is 26.0 Å². The van der Waals surface area contributed by atoms with Gasteiger partial charge in [0.05, 0.1) is 17.3 Å². The lowest BCUT2D eigenvalue weighted by Gasteiger charge is -2.19. The molecule has 1 aromatic rings. The maximum atomic E-state index is 14.1. The van der Waals surface area contributed by atoms with Gasteiger partial charge < -0.3 is 27.2 Å². The highest BCUT2D eigenvalue weighted by atomic mass is 35.5. The van der Waals surface area contributed by atoms with E-state index in [2.05, 4.69) is 16.5 Å². The predicted octanol–water partition coefficient (Wildman–Crippen LogP) is 2.86. The molecular weight excluding hydrogens is 406 g/mol. The zero-order chi connectivity index (χ0) is 19.8. The Balaban J connectivity index is 2.36. The van der Waals surface area contributed by atoms with Crippen LogP contribution in [0.5, 0.6) is 0 Å². The molecule has 0 saturated carbocycles. The molecule has 2 rings (SSSR count). The number of benzene rings is 1. The Labute approximate surface area is 169 Å². The van der Waals surface area contributed by atoms with Gasteiger partial charge in [-0.2, -0.15) is 0 Å². The predicted molar refractivity (Wildman–Crippen MR) is 116 cm³/mol. The molecule has 0 aliphatic carbocycles. The zero-order valence-corrected chi connectivity index (χ0v) is 17.4. The second-order valence-corrected chi connectivity index (χ2v) is 8.45. The van der Waals surface area contributed by atoms with Crippen LogP contribution >= 0.6 is 31.9 Å². The van der Waals surface area contributed by atoms with Crippen molar-refractivity contribution in [3.63, 3.8) is 0 Å². The monoisotopic (exact) mass is 428 g/mol. The molecule has 2 unspecified atom stereocenters. The summed E-state index contributed by atoms with van der Waals surface area (Å²) in [5, 5.41) is 16.3. The third-order valence-electron chi connectivity index (χ3n) is 3.63. The summed E-state index contributed by atoms with van der Waals surface area (Å²) < 4.78 is 14.1. The third kappa shape index (κ3) is 6.55. The first kappa shape index (κ1) is 21.8. The number of hydrogen-bond acceptors (Lipinski definition) is 6. The molecule has 9 heteroatoms. The summed E-state index contributed by atoms with van der Waals surface area (Å²) in [4.78, 5) is 0. The molecule has 0 saturated heterocycles. The normalized spacial score (nSPS) is 19.0. The summed E-state index contributed by atoms with van der Waals surface area (Å²) in [7, 11) is 2.54. The van der Waals surface area contributed by atoms with Gasteiger partial charge in [0.1, 0.15) is 5.82 Å². The Kier molecular flexibility index (Phi) is 8.67. The number of nitrogens with two attached hydrogens (primary N) is 2. The van der Waals surface area contributed by atoms with Gasteiger partial charge in [-0.15, -0.1) is 11.8 Å². The maximum absolute atomic E-state index is 14.1.